The Kier molecular flexibility index (Phi) is 4.93. The molecule has 1 N–H and O–H groups in total. The second-order valence-electron chi connectivity index (χ2n) is 7.75. The lowest BCUT2D eigenvalue weighted by Crippen LogP contribution is -2.39. The van der Waals surface area contributed by atoms with Gasteiger partial charge in [0.05, 0.1) is 0 Å². The predicted octanol–water partition coefficient (Wildman–Crippen LogP) is 3.04. The molecule has 3 aliphatic rings. The fourth-order valence-corrected chi connectivity index (χ4v) is 5.12. The summed E-state index contributed by atoms with van der Waals surface area (Å²) in [6.07, 6.45) is 6.44. The summed E-state index contributed by atoms with van der Waals surface area (Å²) in [5.74, 6) is 0.942. The maximum atomic E-state index is 13.0. The van der Waals surface area contributed by atoms with Crippen molar-refractivity contribution in [1.82, 2.24) is 10.2 Å². The summed E-state index contributed by atoms with van der Waals surface area (Å²) in [4.78, 5) is 15.2. The largest absolute Gasteiger partial charge is 0.381 e. The Labute approximate surface area is 148 Å². The van der Waals surface area contributed by atoms with E-state index >= 15 is 0 Å². The number of nitrogens with one attached hydrogen (secondary N) is 1. The van der Waals surface area contributed by atoms with Crippen LogP contribution in [0.25, 0.3) is 0 Å². The molecule has 3 fully saturated rings. The van der Waals surface area contributed by atoms with Crippen LogP contribution in [0.15, 0.2) is 16.8 Å². The Hall–Kier alpha value is -0.910. The second kappa shape index (κ2) is 7.14. The molecule has 0 bridgehead atoms. The van der Waals surface area contributed by atoms with Crippen LogP contribution in [0.4, 0.5) is 0 Å². The quantitative estimate of drug-likeness (QED) is 0.859. The Balaban J connectivity index is 1.40. The van der Waals surface area contributed by atoms with Crippen molar-refractivity contribution < 1.29 is 9.53 Å². The predicted molar refractivity (Wildman–Crippen MR) is 96.0 cm³/mol. The third-order valence-corrected chi connectivity index (χ3v) is 6.90. The third-order valence-electron chi connectivity index (χ3n) is 6.17. The maximum Gasteiger partial charge on any atom is 0.223 e. The molecule has 0 radical (unpaired) electrons. The van der Waals surface area contributed by atoms with E-state index in [1.165, 1.54) is 24.8 Å². The lowest BCUT2D eigenvalue weighted by Gasteiger charge is -2.30. The molecule has 2 saturated heterocycles. The number of piperidine rings is 1. The van der Waals surface area contributed by atoms with Gasteiger partial charge in [0.25, 0.3) is 0 Å². The van der Waals surface area contributed by atoms with E-state index in [1.54, 1.807) is 11.3 Å². The van der Waals surface area contributed by atoms with Gasteiger partial charge in [0.2, 0.25) is 5.91 Å². The zero-order valence-electron chi connectivity index (χ0n) is 14.3. The molecule has 1 aliphatic carbocycles. The average molecular weight is 349 g/mol. The number of hydrogen-bond donors (Lipinski definition) is 1. The van der Waals surface area contributed by atoms with E-state index in [-0.39, 0.29) is 0 Å². The molecule has 4 rings (SSSR count). The van der Waals surface area contributed by atoms with Crippen molar-refractivity contribution in [1.29, 1.82) is 0 Å². The van der Waals surface area contributed by atoms with Crippen LogP contribution in [0.1, 0.15) is 44.1 Å². The molecule has 5 heteroatoms. The minimum Gasteiger partial charge on any atom is -0.381 e. The first kappa shape index (κ1) is 16.6. The molecule has 24 heavy (non-hydrogen) atoms. The van der Waals surface area contributed by atoms with Gasteiger partial charge in [0, 0.05) is 32.2 Å². The van der Waals surface area contributed by atoms with E-state index in [4.69, 9.17) is 4.74 Å². The first-order valence-electron chi connectivity index (χ1n) is 9.36. The summed E-state index contributed by atoms with van der Waals surface area (Å²) in [6, 6.07) is 2.62. The first-order valence-corrected chi connectivity index (χ1v) is 10.3. The van der Waals surface area contributed by atoms with Gasteiger partial charge < -0.3 is 15.0 Å². The minimum atomic E-state index is 0.355. The average Bonchev–Trinajstić information content (AvgIpc) is 3.06. The Morgan fingerprint density at radius 2 is 2.29 bits per heavy atom. The molecule has 1 aromatic rings. The molecule has 1 amide bonds. The number of carbonyl (C=O) groups is 1. The van der Waals surface area contributed by atoms with Crippen molar-refractivity contribution in [2.24, 2.45) is 11.3 Å². The second-order valence-corrected chi connectivity index (χ2v) is 8.53. The van der Waals surface area contributed by atoms with Crippen molar-refractivity contribution in [3.8, 4) is 0 Å². The summed E-state index contributed by atoms with van der Waals surface area (Å²) in [7, 11) is 0. The molecular weight excluding hydrogens is 320 g/mol. The highest BCUT2D eigenvalue weighted by Gasteiger charge is 2.57. The van der Waals surface area contributed by atoms with Gasteiger partial charge in [0.1, 0.15) is 0 Å². The van der Waals surface area contributed by atoms with Gasteiger partial charge in [-0.15, -0.1) is 0 Å². The van der Waals surface area contributed by atoms with Crippen molar-refractivity contribution >= 4 is 17.2 Å². The molecule has 4 nitrogen and oxygen atoms in total. The number of amides is 1. The van der Waals surface area contributed by atoms with Crippen molar-refractivity contribution in [3.05, 3.63) is 22.4 Å². The Morgan fingerprint density at radius 1 is 1.42 bits per heavy atom. The van der Waals surface area contributed by atoms with Gasteiger partial charge in [-0.25, -0.2) is 0 Å². The van der Waals surface area contributed by atoms with Gasteiger partial charge >= 0.3 is 0 Å². The summed E-state index contributed by atoms with van der Waals surface area (Å²) >= 11 is 1.72. The van der Waals surface area contributed by atoms with Crippen LogP contribution in [0.3, 0.4) is 0 Å². The molecule has 0 unspecified atom stereocenters. The molecule has 2 aliphatic heterocycles. The van der Waals surface area contributed by atoms with E-state index in [2.05, 4.69) is 27.0 Å². The van der Waals surface area contributed by atoms with Crippen molar-refractivity contribution in [2.75, 3.05) is 26.3 Å². The maximum absolute atomic E-state index is 13.0. The van der Waals surface area contributed by atoms with E-state index < -0.39 is 0 Å². The van der Waals surface area contributed by atoms with Crippen LogP contribution in [0.2, 0.25) is 0 Å². The molecule has 0 aromatic carbocycles. The first-order chi connectivity index (χ1) is 11.8. The molecule has 3 heterocycles. The molecule has 1 saturated carbocycles. The monoisotopic (exact) mass is 348 g/mol. The van der Waals surface area contributed by atoms with Crippen LogP contribution < -0.4 is 5.32 Å². The number of hydrogen-bond acceptors (Lipinski definition) is 4. The van der Waals surface area contributed by atoms with Gasteiger partial charge in [0.15, 0.2) is 0 Å². The van der Waals surface area contributed by atoms with Crippen LogP contribution in [0, 0.1) is 11.3 Å². The number of rotatable bonds is 6. The van der Waals surface area contributed by atoms with E-state index in [9.17, 15) is 4.79 Å². The fourth-order valence-electron chi connectivity index (χ4n) is 4.46. The normalized spacial score (nSPS) is 28.2. The number of carbonyl (C=O) groups excluding carboxylic acids is 1. The van der Waals surface area contributed by atoms with Crippen molar-refractivity contribution in [2.45, 2.75) is 51.1 Å². The summed E-state index contributed by atoms with van der Waals surface area (Å²) in [5.41, 5.74) is 1.70. The fraction of sp³-hybridized carbons (Fsp3) is 0.737. The van der Waals surface area contributed by atoms with Crippen molar-refractivity contribution in [3.63, 3.8) is 0 Å². The van der Waals surface area contributed by atoms with Gasteiger partial charge in [-0.1, -0.05) is 0 Å². The van der Waals surface area contributed by atoms with Crippen LogP contribution in [0.5, 0.6) is 0 Å². The molecular formula is C19H28N2O2S. The molecule has 132 valence electrons. The van der Waals surface area contributed by atoms with E-state index in [0.717, 1.165) is 45.7 Å². The topological polar surface area (TPSA) is 41.6 Å². The van der Waals surface area contributed by atoms with Crippen LogP contribution in [-0.2, 0) is 16.1 Å². The highest BCUT2D eigenvalue weighted by atomic mass is 32.1. The van der Waals surface area contributed by atoms with Gasteiger partial charge in [-0.3, -0.25) is 4.79 Å². The lowest BCUT2D eigenvalue weighted by molar-refractivity contribution is -0.133. The lowest BCUT2D eigenvalue weighted by atomic mass is 9.93. The van der Waals surface area contributed by atoms with Gasteiger partial charge in [-0.05, 0) is 78.9 Å². The standard InChI is InChI=1S/C19H28N2O2S/c22-18(2-1-15-3-9-23-13-15)21(12-16-4-10-24-14-16)17-11-19(17)5-7-20-8-6-19/h4,10,14-15,17,20H,1-3,5-9,11-13H2/t15-,17+/m0/s1. The van der Waals surface area contributed by atoms with Crippen LogP contribution in [-0.4, -0.2) is 43.2 Å². The summed E-state index contributed by atoms with van der Waals surface area (Å²) in [6.45, 7) is 4.73. The Bertz CT molecular complexity index is 548. The number of nitrogens with zero attached hydrogens (tertiary/aromatic N) is 1. The summed E-state index contributed by atoms with van der Waals surface area (Å²) < 4.78 is 5.45. The van der Waals surface area contributed by atoms with Gasteiger partial charge in [-0.2, -0.15) is 11.3 Å². The molecule has 1 spiro atoms. The number of thiophene rings is 1. The smallest absolute Gasteiger partial charge is 0.223 e. The minimum absolute atomic E-state index is 0.355. The van der Waals surface area contributed by atoms with E-state index in [0.29, 0.717) is 29.7 Å². The SMILES string of the molecule is O=C(CC[C@H]1CCOC1)N(Cc1ccsc1)[C@@H]1CC12CCNCC2. The highest BCUT2D eigenvalue weighted by molar-refractivity contribution is 7.07. The molecule has 1 aromatic heterocycles. The zero-order chi connectivity index (χ0) is 16.4. The molecule has 2 atom stereocenters. The third kappa shape index (κ3) is 3.53. The van der Waals surface area contributed by atoms with Crippen LogP contribution >= 0.6 is 11.3 Å². The number of ether oxygens (including phenoxy) is 1. The Morgan fingerprint density at radius 3 is 3.00 bits per heavy atom. The zero-order valence-corrected chi connectivity index (χ0v) is 15.2. The highest BCUT2D eigenvalue weighted by Crippen LogP contribution is 2.56. The van der Waals surface area contributed by atoms with E-state index in [1.807, 2.05) is 0 Å². The summed E-state index contributed by atoms with van der Waals surface area (Å²) in [5, 5.41) is 7.76.